The molecule has 0 radical (unpaired) electrons. The Bertz CT molecular complexity index is 358. The minimum Gasteiger partial charge on any atom is -0.508 e. The predicted octanol–water partition coefficient (Wildman–Crippen LogP) is 2.33. The van der Waals surface area contributed by atoms with E-state index in [9.17, 15) is 10.1 Å². The van der Waals surface area contributed by atoms with Gasteiger partial charge in [0.25, 0.3) is 5.69 Å². The maximum absolute atomic E-state index is 10.5. The molecular formula is C9H9NO3. The Morgan fingerprint density at radius 2 is 2.23 bits per heavy atom. The van der Waals surface area contributed by atoms with E-state index < -0.39 is 4.92 Å². The number of nitro benzene ring substituents is 1. The van der Waals surface area contributed by atoms with Crippen LogP contribution in [0, 0.1) is 10.1 Å². The molecule has 13 heavy (non-hydrogen) atoms. The van der Waals surface area contributed by atoms with E-state index in [1.807, 2.05) is 0 Å². The van der Waals surface area contributed by atoms with Gasteiger partial charge in [-0.15, -0.1) is 0 Å². The van der Waals surface area contributed by atoms with E-state index in [4.69, 9.17) is 5.11 Å². The van der Waals surface area contributed by atoms with Gasteiger partial charge in [0.1, 0.15) is 5.75 Å². The van der Waals surface area contributed by atoms with Crippen molar-refractivity contribution in [2.45, 2.75) is 6.92 Å². The molecule has 0 fully saturated rings. The molecule has 4 heteroatoms. The first-order valence-corrected chi connectivity index (χ1v) is 3.75. The Labute approximate surface area is 75.3 Å². The van der Waals surface area contributed by atoms with Gasteiger partial charge >= 0.3 is 0 Å². The van der Waals surface area contributed by atoms with Gasteiger partial charge in [-0.25, -0.2) is 0 Å². The van der Waals surface area contributed by atoms with Crippen molar-refractivity contribution in [2.75, 3.05) is 0 Å². The monoisotopic (exact) mass is 179 g/mol. The van der Waals surface area contributed by atoms with E-state index in [2.05, 4.69) is 0 Å². The molecule has 0 aliphatic rings. The summed E-state index contributed by atoms with van der Waals surface area (Å²) in [5, 5.41) is 19.5. The van der Waals surface area contributed by atoms with Crippen molar-refractivity contribution in [3.8, 4) is 5.75 Å². The number of rotatable bonds is 2. The van der Waals surface area contributed by atoms with Crippen LogP contribution in [0.4, 0.5) is 5.69 Å². The highest BCUT2D eigenvalue weighted by Crippen LogP contribution is 2.24. The van der Waals surface area contributed by atoms with Crippen LogP contribution in [0.25, 0.3) is 6.08 Å². The van der Waals surface area contributed by atoms with Gasteiger partial charge in [0.15, 0.2) is 0 Å². The zero-order valence-electron chi connectivity index (χ0n) is 7.10. The average molecular weight is 179 g/mol. The van der Waals surface area contributed by atoms with Crippen LogP contribution in [-0.4, -0.2) is 10.0 Å². The topological polar surface area (TPSA) is 63.4 Å². The molecule has 1 rings (SSSR count). The molecule has 68 valence electrons. The SMILES string of the molecule is CC=Cc1ccc(O)cc1[N+](=O)[O-]. The molecule has 4 nitrogen and oxygen atoms in total. The molecule has 0 saturated heterocycles. The number of benzene rings is 1. The van der Waals surface area contributed by atoms with Gasteiger partial charge < -0.3 is 5.11 Å². The van der Waals surface area contributed by atoms with Crippen molar-refractivity contribution >= 4 is 11.8 Å². The van der Waals surface area contributed by atoms with E-state index in [1.165, 1.54) is 12.1 Å². The number of nitro groups is 1. The lowest BCUT2D eigenvalue weighted by molar-refractivity contribution is -0.385. The minimum absolute atomic E-state index is 0.0851. The average Bonchev–Trinajstić information content (AvgIpc) is 2.08. The van der Waals surface area contributed by atoms with Crippen LogP contribution in [0.5, 0.6) is 5.75 Å². The van der Waals surface area contributed by atoms with E-state index in [0.717, 1.165) is 6.07 Å². The second-order valence-corrected chi connectivity index (χ2v) is 2.50. The van der Waals surface area contributed by atoms with Crippen molar-refractivity contribution < 1.29 is 10.0 Å². The van der Waals surface area contributed by atoms with Crippen LogP contribution >= 0.6 is 0 Å². The molecule has 0 aromatic heterocycles. The van der Waals surface area contributed by atoms with Crippen molar-refractivity contribution in [1.82, 2.24) is 0 Å². The fraction of sp³-hybridized carbons (Fsp3) is 0.111. The second-order valence-electron chi connectivity index (χ2n) is 2.50. The van der Waals surface area contributed by atoms with Gasteiger partial charge in [0.2, 0.25) is 0 Å². The largest absolute Gasteiger partial charge is 0.508 e. The molecule has 1 aromatic rings. The van der Waals surface area contributed by atoms with Gasteiger partial charge in [0.05, 0.1) is 16.6 Å². The van der Waals surface area contributed by atoms with Crippen LogP contribution < -0.4 is 0 Å². The highest BCUT2D eigenvalue weighted by molar-refractivity contribution is 5.62. The van der Waals surface area contributed by atoms with E-state index in [-0.39, 0.29) is 11.4 Å². The summed E-state index contributed by atoms with van der Waals surface area (Å²) in [6.45, 7) is 1.77. The number of hydrogen-bond donors (Lipinski definition) is 1. The fourth-order valence-corrected chi connectivity index (χ4v) is 1.01. The Morgan fingerprint density at radius 1 is 1.54 bits per heavy atom. The zero-order chi connectivity index (χ0) is 9.84. The highest BCUT2D eigenvalue weighted by atomic mass is 16.6. The Hall–Kier alpha value is -1.84. The summed E-state index contributed by atoms with van der Waals surface area (Å²) in [6.07, 6.45) is 3.33. The maximum atomic E-state index is 10.5. The van der Waals surface area contributed by atoms with Crippen LogP contribution in [0.15, 0.2) is 24.3 Å². The summed E-state index contributed by atoms with van der Waals surface area (Å²) < 4.78 is 0. The molecule has 0 bridgehead atoms. The lowest BCUT2D eigenvalue weighted by Crippen LogP contribution is -1.90. The lowest BCUT2D eigenvalue weighted by Gasteiger charge is -1.97. The lowest BCUT2D eigenvalue weighted by atomic mass is 10.1. The Balaban J connectivity index is 3.26. The predicted molar refractivity (Wildman–Crippen MR) is 49.5 cm³/mol. The third kappa shape index (κ3) is 2.05. The molecule has 1 aromatic carbocycles. The molecular weight excluding hydrogens is 170 g/mol. The summed E-state index contributed by atoms with van der Waals surface area (Å²) in [6, 6.07) is 4.06. The van der Waals surface area contributed by atoms with Gasteiger partial charge in [-0.3, -0.25) is 10.1 Å². The van der Waals surface area contributed by atoms with Crippen molar-refractivity contribution in [3.63, 3.8) is 0 Å². The van der Waals surface area contributed by atoms with E-state index >= 15 is 0 Å². The van der Waals surface area contributed by atoms with Crippen LogP contribution in [-0.2, 0) is 0 Å². The number of hydrogen-bond acceptors (Lipinski definition) is 3. The molecule has 0 atom stereocenters. The zero-order valence-corrected chi connectivity index (χ0v) is 7.10. The highest BCUT2D eigenvalue weighted by Gasteiger charge is 2.11. The normalized spacial score (nSPS) is 10.5. The Kier molecular flexibility index (Phi) is 2.64. The van der Waals surface area contributed by atoms with Gasteiger partial charge in [-0.1, -0.05) is 12.2 Å². The van der Waals surface area contributed by atoms with Gasteiger partial charge in [-0.05, 0) is 19.1 Å². The second kappa shape index (κ2) is 3.71. The summed E-state index contributed by atoms with van der Waals surface area (Å²) in [5.74, 6) is -0.0973. The van der Waals surface area contributed by atoms with Crippen LogP contribution in [0.1, 0.15) is 12.5 Å². The van der Waals surface area contributed by atoms with Crippen molar-refractivity contribution in [1.29, 1.82) is 0 Å². The number of phenols is 1. The number of aromatic hydroxyl groups is 1. The number of nitrogens with zero attached hydrogens (tertiary/aromatic N) is 1. The summed E-state index contributed by atoms with van der Waals surface area (Å²) in [7, 11) is 0. The first-order chi connectivity index (χ1) is 6.15. The maximum Gasteiger partial charge on any atom is 0.280 e. The molecule has 0 spiro atoms. The first-order valence-electron chi connectivity index (χ1n) is 3.75. The third-order valence-electron chi connectivity index (χ3n) is 1.56. The van der Waals surface area contributed by atoms with Crippen molar-refractivity contribution in [3.05, 3.63) is 40.0 Å². The summed E-state index contributed by atoms with van der Waals surface area (Å²) in [4.78, 5) is 9.99. The molecule has 0 saturated carbocycles. The van der Waals surface area contributed by atoms with Gasteiger partial charge in [0, 0.05) is 0 Å². The Morgan fingerprint density at radius 3 is 2.77 bits per heavy atom. The fourth-order valence-electron chi connectivity index (χ4n) is 1.01. The standard InChI is InChI=1S/C9H9NO3/c1-2-3-7-4-5-8(11)6-9(7)10(12)13/h2-6,11H,1H3. The number of phenolic OH excluding ortho intramolecular Hbond substituents is 1. The smallest absolute Gasteiger partial charge is 0.280 e. The van der Waals surface area contributed by atoms with Crippen LogP contribution in [0.3, 0.4) is 0 Å². The van der Waals surface area contributed by atoms with E-state index in [1.54, 1.807) is 19.1 Å². The molecule has 0 unspecified atom stereocenters. The molecule has 0 aliphatic heterocycles. The third-order valence-corrected chi connectivity index (χ3v) is 1.56. The minimum atomic E-state index is -0.519. The first kappa shape index (κ1) is 9.25. The molecule has 0 amide bonds. The van der Waals surface area contributed by atoms with Crippen molar-refractivity contribution in [2.24, 2.45) is 0 Å². The molecule has 0 aliphatic carbocycles. The summed E-state index contributed by atoms with van der Waals surface area (Å²) in [5.41, 5.74) is 0.406. The van der Waals surface area contributed by atoms with Gasteiger partial charge in [-0.2, -0.15) is 0 Å². The quantitative estimate of drug-likeness (QED) is 0.559. The van der Waals surface area contributed by atoms with E-state index in [0.29, 0.717) is 5.56 Å². The molecule has 0 heterocycles. The molecule has 1 N–H and O–H groups in total. The summed E-state index contributed by atoms with van der Waals surface area (Å²) >= 11 is 0. The van der Waals surface area contributed by atoms with Crippen LogP contribution in [0.2, 0.25) is 0 Å². The number of allylic oxidation sites excluding steroid dienone is 1.